The molecule has 2 nitrogen and oxygen atoms in total. The minimum Gasteiger partial charge on any atom is -0.550 e. The summed E-state index contributed by atoms with van der Waals surface area (Å²) in [5.74, 6) is -0.991. The maximum absolute atomic E-state index is 10.2. The summed E-state index contributed by atoms with van der Waals surface area (Å²) >= 11 is 0. The van der Waals surface area contributed by atoms with Gasteiger partial charge in [-0.1, -0.05) is 79.8 Å². The van der Waals surface area contributed by atoms with Gasteiger partial charge in [0, 0.05) is 5.97 Å². The second-order valence-electron chi connectivity index (χ2n) is 5.33. The monoisotopic (exact) mass is 350 g/mol. The SMILES string of the molecule is CC/C=C\C/C=C/C/C=C/C/C=C/C/C=C/C/C=C\CCC(=O)[O-].[Na+]. The number of rotatable bonds is 14. The number of carboxylic acids is 1. The van der Waals surface area contributed by atoms with Crippen LogP contribution in [0.3, 0.4) is 0 Å². The van der Waals surface area contributed by atoms with Crippen LogP contribution in [-0.4, -0.2) is 5.97 Å². The summed E-state index contributed by atoms with van der Waals surface area (Å²) in [6, 6.07) is 0. The van der Waals surface area contributed by atoms with Crippen molar-refractivity contribution in [3.05, 3.63) is 72.9 Å². The maximum Gasteiger partial charge on any atom is 1.00 e. The topological polar surface area (TPSA) is 40.1 Å². The van der Waals surface area contributed by atoms with Crippen molar-refractivity contribution in [1.29, 1.82) is 0 Å². The average molecular weight is 350 g/mol. The predicted octanol–water partition coefficient (Wildman–Crippen LogP) is 2.22. The Kier molecular flexibility index (Phi) is 24.0. The molecule has 0 saturated carbocycles. The van der Waals surface area contributed by atoms with Gasteiger partial charge < -0.3 is 9.90 Å². The molecule has 0 aliphatic rings. The number of aliphatic carboxylic acids is 1. The molecule has 0 aromatic rings. The fourth-order valence-corrected chi connectivity index (χ4v) is 1.84. The first kappa shape index (κ1) is 26.1. The molecule has 0 rings (SSSR count). The summed E-state index contributed by atoms with van der Waals surface area (Å²) in [6.07, 6.45) is 32.1. The number of hydrogen-bond acceptors (Lipinski definition) is 2. The van der Waals surface area contributed by atoms with Crippen LogP contribution in [0.25, 0.3) is 0 Å². The molecule has 0 spiro atoms. The Morgan fingerprint density at radius 3 is 1.28 bits per heavy atom. The molecule has 0 fully saturated rings. The Bertz CT molecular complexity index is 468. The number of carbonyl (C=O) groups excluding carboxylic acids is 1. The third kappa shape index (κ3) is 25.3. The van der Waals surface area contributed by atoms with Gasteiger partial charge in [0.15, 0.2) is 0 Å². The molecule has 0 aliphatic heterocycles. The molecule has 0 saturated heterocycles. The maximum atomic E-state index is 10.2. The zero-order valence-electron chi connectivity index (χ0n) is 15.9. The van der Waals surface area contributed by atoms with E-state index in [-0.39, 0.29) is 36.0 Å². The normalized spacial score (nSPS) is 12.5. The van der Waals surface area contributed by atoms with Crippen molar-refractivity contribution in [3.63, 3.8) is 0 Å². The number of carboxylic acid groups (broad SMARTS) is 1. The van der Waals surface area contributed by atoms with Crippen molar-refractivity contribution >= 4 is 5.97 Å². The van der Waals surface area contributed by atoms with E-state index in [2.05, 4.69) is 67.7 Å². The van der Waals surface area contributed by atoms with E-state index >= 15 is 0 Å². The first-order chi connectivity index (χ1) is 11.8. The van der Waals surface area contributed by atoms with Crippen molar-refractivity contribution in [2.75, 3.05) is 0 Å². The second kappa shape index (κ2) is 22.9. The van der Waals surface area contributed by atoms with Gasteiger partial charge in [-0.05, 0) is 51.4 Å². The molecule has 0 heterocycles. The van der Waals surface area contributed by atoms with Gasteiger partial charge in [-0.2, -0.15) is 0 Å². The predicted molar refractivity (Wildman–Crippen MR) is 102 cm³/mol. The molecule has 0 unspecified atom stereocenters. The molecule has 0 N–H and O–H groups in total. The largest absolute Gasteiger partial charge is 1.00 e. The summed E-state index contributed by atoms with van der Waals surface area (Å²) in [6.45, 7) is 2.15. The summed E-state index contributed by atoms with van der Waals surface area (Å²) in [5.41, 5.74) is 0. The van der Waals surface area contributed by atoms with Gasteiger partial charge in [0.2, 0.25) is 0 Å². The van der Waals surface area contributed by atoms with E-state index in [1.54, 1.807) is 0 Å². The molecule has 0 aromatic heterocycles. The van der Waals surface area contributed by atoms with Crippen molar-refractivity contribution in [1.82, 2.24) is 0 Å². The van der Waals surface area contributed by atoms with E-state index in [1.165, 1.54) is 0 Å². The fourth-order valence-electron chi connectivity index (χ4n) is 1.84. The van der Waals surface area contributed by atoms with E-state index in [0.717, 1.165) is 38.5 Å². The summed E-state index contributed by atoms with van der Waals surface area (Å²) in [7, 11) is 0. The molecule has 0 aromatic carbocycles. The molecule has 3 heteroatoms. The average Bonchev–Trinajstić information content (AvgIpc) is 2.56. The third-order valence-electron chi connectivity index (χ3n) is 3.11. The van der Waals surface area contributed by atoms with Crippen molar-refractivity contribution in [2.24, 2.45) is 0 Å². The van der Waals surface area contributed by atoms with E-state index in [4.69, 9.17) is 0 Å². The number of hydrogen-bond donors (Lipinski definition) is 0. The van der Waals surface area contributed by atoms with Gasteiger partial charge >= 0.3 is 29.6 Å². The van der Waals surface area contributed by atoms with Gasteiger partial charge in [-0.25, -0.2) is 0 Å². The Balaban J connectivity index is 0. The van der Waals surface area contributed by atoms with Crippen molar-refractivity contribution in [3.8, 4) is 0 Å². The van der Waals surface area contributed by atoms with Crippen LogP contribution in [0.1, 0.15) is 58.3 Å². The van der Waals surface area contributed by atoms with Crippen LogP contribution in [0.15, 0.2) is 72.9 Å². The summed E-state index contributed by atoms with van der Waals surface area (Å²) in [5, 5.41) is 10.2. The number of allylic oxidation sites excluding steroid dienone is 12. The molecule has 0 bridgehead atoms. The minimum absolute atomic E-state index is 0. The fraction of sp³-hybridized carbons (Fsp3) is 0.409. The van der Waals surface area contributed by atoms with Crippen LogP contribution in [0.2, 0.25) is 0 Å². The molecule has 0 aliphatic carbocycles. The van der Waals surface area contributed by atoms with Crippen LogP contribution >= 0.6 is 0 Å². The minimum atomic E-state index is -0.991. The second-order valence-corrected chi connectivity index (χ2v) is 5.33. The van der Waals surface area contributed by atoms with Crippen molar-refractivity contribution < 1.29 is 39.5 Å². The zero-order chi connectivity index (χ0) is 17.7. The van der Waals surface area contributed by atoms with Crippen LogP contribution < -0.4 is 34.7 Å². The summed E-state index contributed by atoms with van der Waals surface area (Å²) < 4.78 is 0. The van der Waals surface area contributed by atoms with Gasteiger partial charge in [0.25, 0.3) is 0 Å². The first-order valence-electron chi connectivity index (χ1n) is 8.87. The Hall–Kier alpha value is -1.09. The Labute approximate surface area is 176 Å². The van der Waals surface area contributed by atoms with Gasteiger partial charge in [0.1, 0.15) is 0 Å². The van der Waals surface area contributed by atoms with E-state index in [1.807, 2.05) is 12.2 Å². The van der Waals surface area contributed by atoms with Gasteiger partial charge in [0.05, 0.1) is 0 Å². The van der Waals surface area contributed by atoms with Crippen molar-refractivity contribution in [2.45, 2.75) is 58.3 Å². The smallest absolute Gasteiger partial charge is 0.550 e. The van der Waals surface area contributed by atoms with Gasteiger partial charge in [-0.3, -0.25) is 0 Å². The molecule has 0 atom stereocenters. The summed E-state index contributed by atoms with van der Waals surface area (Å²) in [4.78, 5) is 10.2. The van der Waals surface area contributed by atoms with Crippen LogP contribution in [0.4, 0.5) is 0 Å². The zero-order valence-corrected chi connectivity index (χ0v) is 17.9. The molecule has 25 heavy (non-hydrogen) atoms. The Morgan fingerprint density at radius 2 is 0.960 bits per heavy atom. The molecule has 0 radical (unpaired) electrons. The van der Waals surface area contributed by atoms with E-state index in [0.29, 0.717) is 6.42 Å². The Morgan fingerprint density at radius 1 is 0.640 bits per heavy atom. The van der Waals surface area contributed by atoms with Crippen LogP contribution in [-0.2, 0) is 4.79 Å². The molecular formula is C22H31NaO2. The van der Waals surface area contributed by atoms with E-state index in [9.17, 15) is 9.90 Å². The van der Waals surface area contributed by atoms with Gasteiger partial charge in [-0.15, -0.1) is 0 Å². The molecule has 132 valence electrons. The molecular weight excluding hydrogens is 319 g/mol. The number of carbonyl (C=O) groups is 1. The van der Waals surface area contributed by atoms with Crippen LogP contribution in [0.5, 0.6) is 0 Å². The molecule has 0 amide bonds. The standard InChI is InChI=1S/C22H32O2.Na/c1-2-3-4-5-6-7-8-9-10-11-12-13-14-15-16-17-18-19-20-21-22(23)24;/h3-4,6-7,9-10,12-13,15-16,18-19H,2,5,8,11,14,17,20-21H2,1H3,(H,23,24);/q;+1/p-1/b4-3-,7-6+,10-9+,13-12+,16-15+,19-18-;. The first-order valence-corrected chi connectivity index (χ1v) is 8.87. The third-order valence-corrected chi connectivity index (χ3v) is 3.11. The quantitative estimate of drug-likeness (QED) is 0.356. The van der Waals surface area contributed by atoms with E-state index < -0.39 is 5.97 Å². The van der Waals surface area contributed by atoms with Crippen LogP contribution in [0, 0.1) is 0 Å².